The van der Waals surface area contributed by atoms with Crippen LogP contribution in [0.15, 0.2) is 36.0 Å². The van der Waals surface area contributed by atoms with Gasteiger partial charge in [-0.2, -0.15) is 5.10 Å². The third kappa shape index (κ3) is 5.61. The molecule has 0 aliphatic carbocycles. The molecule has 0 aromatic carbocycles. The van der Waals surface area contributed by atoms with Gasteiger partial charge in [-0.15, -0.1) is 0 Å². The number of likely N-dealkylation sites (N-methyl/N-ethyl adjacent to an activating group) is 1. The molecule has 0 fully saturated rings. The highest BCUT2D eigenvalue weighted by Gasteiger charge is 2.16. The molecule has 0 aliphatic heterocycles. The van der Waals surface area contributed by atoms with Gasteiger partial charge in [-0.3, -0.25) is 9.48 Å². The maximum absolute atomic E-state index is 12.3. The second-order valence-corrected chi connectivity index (χ2v) is 6.61. The highest BCUT2D eigenvalue weighted by molar-refractivity contribution is 8.00. The molecule has 2 aromatic rings. The molecule has 0 saturated heterocycles. The fourth-order valence-electron chi connectivity index (χ4n) is 2.14. The molecule has 2 aromatic heterocycles. The van der Waals surface area contributed by atoms with Gasteiger partial charge < -0.3 is 10.2 Å². The third-order valence-electron chi connectivity index (χ3n) is 3.63. The maximum Gasteiger partial charge on any atom is 0.237 e. The second-order valence-electron chi connectivity index (χ2n) is 5.30. The van der Waals surface area contributed by atoms with Crippen LogP contribution in [0.2, 0.25) is 0 Å². The van der Waals surface area contributed by atoms with Gasteiger partial charge >= 0.3 is 0 Å². The van der Waals surface area contributed by atoms with E-state index in [-0.39, 0.29) is 11.2 Å². The van der Waals surface area contributed by atoms with E-state index in [2.05, 4.69) is 39.1 Å². The Kier molecular flexibility index (Phi) is 7.20. The lowest BCUT2D eigenvalue weighted by Gasteiger charge is -2.17. The summed E-state index contributed by atoms with van der Waals surface area (Å²) < 4.78 is 1.85. The summed E-state index contributed by atoms with van der Waals surface area (Å²) in [7, 11) is 0. The Hall–Kier alpha value is -1.93. The number of hydrogen-bond acceptors (Lipinski definition) is 6. The van der Waals surface area contributed by atoms with Crippen LogP contribution in [0.1, 0.15) is 20.8 Å². The summed E-state index contributed by atoms with van der Waals surface area (Å²) in [4.78, 5) is 22.8. The average molecular weight is 348 g/mol. The molecule has 1 amide bonds. The number of anilines is 1. The van der Waals surface area contributed by atoms with Crippen molar-refractivity contribution in [2.75, 3.05) is 25.0 Å². The highest BCUT2D eigenvalue weighted by atomic mass is 32.2. The molecule has 1 N–H and O–H groups in total. The van der Waals surface area contributed by atoms with Crippen LogP contribution in [0.4, 0.5) is 5.69 Å². The third-order valence-corrected chi connectivity index (χ3v) is 4.62. The first kappa shape index (κ1) is 18.4. The van der Waals surface area contributed by atoms with Crippen molar-refractivity contribution in [2.45, 2.75) is 37.7 Å². The van der Waals surface area contributed by atoms with Gasteiger partial charge in [0.15, 0.2) is 5.16 Å². The molecule has 0 bridgehead atoms. The Bertz CT molecular complexity index is 629. The summed E-state index contributed by atoms with van der Waals surface area (Å²) in [6.45, 7) is 9.93. The van der Waals surface area contributed by atoms with Crippen LogP contribution >= 0.6 is 11.8 Å². The minimum atomic E-state index is -0.286. The minimum absolute atomic E-state index is 0.0873. The first-order valence-electron chi connectivity index (χ1n) is 8.11. The zero-order chi connectivity index (χ0) is 17.4. The van der Waals surface area contributed by atoms with E-state index in [0.29, 0.717) is 10.8 Å². The van der Waals surface area contributed by atoms with E-state index >= 15 is 0 Å². The van der Waals surface area contributed by atoms with Crippen molar-refractivity contribution in [1.82, 2.24) is 24.6 Å². The Morgan fingerprint density at radius 1 is 1.33 bits per heavy atom. The average Bonchev–Trinajstić information content (AvgIpc) is 3.04. The topological polar surface area (TPSA) is 75.9 Å². The zero-order valence-electron chi connectivity index (χ0n) is 14.3. The minimum Gasteiger partial charge on any atom is -0.322 e. The number of hydrogen-bond donors (Lipinski definition) is 1. The van der Waals surface area contributed by atoms with Crippen molar-refractivity contribution >= 4 is 23.4 Å². The number of aromatic nitrogens is 4. The molecule has 0 aliphatic rings. The van der Waals surface area contributed by atoms with Gasteiger partial charge in [0.1, 0.15) is 0 Å². The van der Waals surface area contributed by atoms with E-state index in [1.807, 2.05) is 17.8 Å². The predicted octanol–water partition coefficient (Wildman–Crippen LogP) is 2.13. The number of nitrogens with zero attached hydrogens (tertiary/aromatic N) is 5. The summed E-state index contributed by atoms with van der Waals surface area (Å²) in [5, 5.41) is 7.49. The summed E-state index contributed by atoms with van der Waals surface area (Å²) in [5.74, 6) is -0.0873. The van der Waals surface area contributed by atoms with E-state index in [1.54, 1.807) is 24.7 Å². The number of amides is 1. The first-order valence-corrected chi connectivity index (χ1v) is 8.99. The Labute approximate surface area is 146 Å². The molecule has 2 rings (SSSR count). The molecule has 1 atom stereocenters. The molecular weight excluding hydrogens is 324 g/mol. The molecule has 7 nitrogen and oxygen atoms in total. The van der Waals surface area contributed by atoms with E-state index in [4.69, 9.17) is 0 Å². The van der Waals surface area contributed by atoms with E-state index in [9.17, 15) is 4.79 Å². The van der Waals surface area contributed by atoms with Gasteiger partial charge in [-0.1, -0.05) is 25.6 Å². The molecular formula is C16H24N6OS. The van der Waals surface area contributed by atoms with Gasteiger partial charge in [-0.05, 0) is 26.1 Å². The quantitative estimate of drug-likeness (QED) is 0.553. The normalized spacial score (nSPS) is 12.3. The largest absolute Gasteiger partial charge is 0.322 e. The van der Waals surface area contributed by atoms with Gasteiger partial charge in [0.05, 0.1) is 23.7 Å². The summed E-state index contributed by atoms with van der Waals surface area (Å²) in [6, 6.07) is 1.75. The van der Waals surface area contributed by atoms with Crippen molar-refractivity contribution in [2.24, 2.45) is 0 Å². The van der Waals surface area contributed by atoms with Gasteiger partial charge in [0, 0.05) is 25.1 Å². The van der Waals surface area contributed by atoms with Crippen LogP contribution in [0.5, 0.6) is 0 Å². The number of carbonyl (C=O) groups excluding carboxylic acids is 1. The number of rotatable bonds is 9. The highest BCUT2D eigenvalue weighted by Crippen LogP contribution is 2.19. The van der Waals surface area contributed by atoms with E-state index in [1.165, 1.54) is 11.8 Å². The molecule has 0 radical (unpaired) electrons. The zero-order valence-corrected chi connectivity index (χ0v) is 15.2. The summed E-state index contributed by atoms with van der Waals surface area (Å²) in [5.41, 5.74) is 0.709. The van der Waals surface area contributed by atoms with Crippen LogP contribution in [0.25, 0.3) is 0 Å². The Balaban J connectivity index is 1.83. The van der Waals surface area contributed by atoms with Crippen LogP contribution < -0.4 is 5.32 Å². The smallest absolute Gasteiger partial charge is 0.237 e. The van der Waals surface area contributed by atoms with Crippen LogP contribution in [0, 0.1) is 0 Å². The molecule has 2 heterocycles. The SMILES string of the molecule is CCN(CC)CCn1cc(NC(=O)[C@@H](C)Sc2ncccn2)cn1. The number of nitrogens with one attached hydrogen (secondary N) is 1. The van der Waals surface area contributed by atoms with Crippen LogP contribution in [0.3, 0.4) is 0 Å². The fraction of sp³-hybridized carbons (Fsp3) is 0.500. The molecule has 24 heavy (non-hydrogen) atoms. The molecule has 0 saturated carbocycles. The fourth-order valence-corrected chi connectivity index (χ4v) is 2.86. The number of thioether (sulfide) groups is 1. The van der Waals surface area contributed by atoms with Crippen molar-refractivity contribution in [1.29, 1.82) is 0 Å². The van der Waals surface area contributed by atoms with Gasteiger partial charge in [-0.25, -0.2) is 9.97 Å². The lowest BCUT2D eigenvalue weighted by molar-refractivity contribution is -0.115. The monoisotopic (exact) mass is 348 g/mol. The molecule has 8 heteroatoms. The van der Waals surface area contributed by atoms with Crippen molar-refractivity contribution in [3.63, 3.8) is 0 Å². The molecule has 0 unspecified atom stereocenters. The van der Waals surface area contributed by atoms with Gasteiger partial charge in [0.2, 0.25) is 5.91 Å². The first-order chi connectivity index (χ1) is 11.6. The van der Waals surface area contributed by atoms with E-state index < -0.39 is 0 Å². The number of carbonyl (C=O) groups is 1. The lowest BCUT2D eigenvalue weighted by Crippen LogP contribution is -2.27. The Morgan fingerprint density at radius 3 is 2.71 bits per heavy atom. The van der Waals surface area contributed by atoms with Crippen molar-refractivity contribution in [3.8, 4) is 0 Å². The van der Waals surface area contributed by atoms with Gasteiger partial charge in [0.25, 0.3) is 0 Å². The summed E-state index contributed by atoms with van der Waals surface area (Å²) in [6.07, 6.45) is 6.87. The standard InChI is InChI=1S/C16H24N6OS/c1-4-21(5-2)9-10-22-12-14(11-19-22)20-15(23)13(3)24-16-17-7-6-8-18-16/h6-8,11-13H,4-5,9-10H2,1-3H3,(H,20,23)/t13-/m1/s1. The van der Waals surface area contributed by atoms with E-state index in [0.717, 1.165) is 26.2 Å². The van der Waals surface area contributed by atoms with Crippen molar-refractivity contribution in [3.05, 3.63) is 30.9 Å². The summed E-state index contributed by atoms with van der Waals surface area (Å²) >= 11 is 1.33. The lowest BCUT2D eigenvalue weighted by atomic mass is 10.4. The Morgan fingerprint density at radius 2 is 2.04 bits per heavy atom. The second kappa shape index (κ2) is 9.39. The van der Waals surface area contributed by atoms with Crippen molar-refractivity contribution < 1.29 is 4.79 Å². The molecule has 0 spiro atoms. The molecule has 130 valence electrons. The maximum atomic E-state index is 12.3. The van der Waals surface area contributed by atoms with Crippen LogP contribution in [-0.4, -0.2) is 55.4 Å². The predicted molar refractivity (Wildman–Crippen MR) is 96.0 cm³/mol. The van der Waals surface area contributed by atoms with Crippen LogP contribution in [-0.2, 0) is 11.3 Å².